The van der Waals surface area contributed by atoms with Crippen LogP contribution in [0.3, 0.4) is 0 Å². The van der Waals surface area contributed by atoms with Crippen molar-refractivity contribution in [2.24, 2.45) is 0 Å². The van der Waals surface area contributed by atoms with Crippen LogP contribution in [-0.2, 0) is 13.2 Å². The lowest BCUT2D eigenvalue weighted by atomic mass is 10.1. The van der Waals surface area contributed by atoms with Crippen LogP contribution in [-0.4, -0.2) is 0 Å². The Morgan fingerprint density at radius 1 is 0.926 bits per heavy atom. The van der Waals surface area contributed by atoms with Crippen LogP contribution in [0, 0.1) is 13.8 Å². The monoisotopic (exact) mass is 463 g/mol. The molecule has 3 aromatic rings. The molecule has 0 atom stereocenters. The van der Waals surface area contributed by atoms with Crippen molar-refractivity contribution >= 4 is 44.8 Å². The Labute approximate surface area is 178 Å². The first-order chi connectivity index (χ1) is 12.9. The van der Waals surface area contributed by atoms with E-state index in [1.807, 2.05) is 42.5 Å². The summed E-state index contributed by atoms with van der Waals surface area (Å²) in [5.74, 6) is 0.511. The van der Waals surface area contributed by atoms with Crippen LogP contribution in [0.15, 0.2) is 59.1 Å². The highest BCUT2D eigenvalue weighted by molar-refractivity contribution is 9.10. The summed E-state index contributed by atoms with van der Waals surface area (Å²) in [6.45, 7) is 5.26. The fraction of sp³-hybridized carbons (Fsp3) is 0.182. The van der Waals surface area contributed by atoms with Gasteiger partial charge in [-0.3, -0.25) is 0 Å². The van der Waals surface area contributed by atoms with E-state index in [2.05, 4.69) is 47.2 Å². The molecule has 3 rings (SSSR count). The van der Waals surface area contributed by atoms with Gasteiger partial charge >= 0.3 is 0 Å². The van der Waals surface area contributed by atoms with Crippen molar-refractivity contribution in [3.8, 4) is 5.75 Å². The molecule has 5 heteroatoms. The Balaban J connectivity index is 1.68. The van der Waals surface area contributed by atoms with Crippen molar-refractivity contribution in [2.75, 3.05) is 5.32 Å². The molecule has 1 N–H and O–H groups in total. The van der Waals surface area contributed by atoms with Crippen molar-refractivity contribution in [2.45, 2.75) is 27.0 Å². The maximum absolute atomic E-state index is 6.42. The van der Waals surface area contributed by atoms with Gasteiger partial charge in [0.05, 0.1) is 10.0 Å². The van der Waals surface area contributed by atoms with E-state index in [1.54, 1.807) is 0 Å². The molecule has 0 aromatic heterocycles. The number of anilines is 1. The molecular weight excluding hydrogens is 445 g/mol. The number of aryl methyl sites for hydroxylation is 1. The minimum atomic E-state index is 0.410. The molecule has 3 aromatic carbocycles. The number of nitrogens with one attached hydrogen (secondary N) is 1. The number of benzene rings is 3. The van der Waals surface area contributed by atoms with Gasteiger partial charge in [0.15, 0.2) is 5.75 Å². The molecule has 0 aliphatic heterocycles. The predicted molar refractivity (Wildman–Crippen MR) is 118 cm³/mol. The van der Waals surface area contributed by atoms with E-state index < -0.39 is 0 Å². The van der Waals surface area contributed by atoms with Crippen LogP contribution in [0.2, 0.25) is 10.0 Å². The molecule has 0 bridgehead atoms. The Hall–Kier alpha value is -1.68. The van der Waals surface area contributed by atoms with E-state index in [0.717, 1.165) is 21.3 Å². The molecule has 140 valence electrons. The van der Waals surface area contributed by atoms with Crippen molar-refractivity contribution in [1.29, 1.82) is 0 Å². The van der Waals surface area contributed by atoms with Gasteiger partial charge in [0, 0.05) is 16.7 Å². The third-order valence-electron chi connectivity index (χ3n) is 4.44. The van der Waals surface area contributed by atoms with E-state index in [-0.39, 0.29) is 0 Å². The predicted octanol–water partition coefficient (Wildman–Crippen LogP) is 7.56. The molecule has 0 amide bonds. The van der Waals surface area contributed by atoms with Crippen LogP contribution >= 0.6 is 39.1 Å². The van der Waals surface area contributed by atoms with Crippen LogP contribution in [0.4, 0.5) is 5.69 Å². The Morgan fingerprint density at radius 3 is 2.26 bits per heavy atom. The normalized spacial score (nSPS) is 10.7. The van der Waals surface area contributed by atoms with Gasteiger partial charge in [-0.2, -0.15) is 0 Å². The van der Waals surface area contributed by atoms with Gasteiger partial charge in [0.1, 0.15) is 6.61 Å². The second kappa shape index (κ2) is 9.01. The zero-order valence-corrected chi connectivity index (χ0v) is 18.3. The van der Waals surface area contributed by atoms with Crippen LogP contribution in [0.1, 0.15) is 22.3 Å². The van der Waals surface area contributed by atoms with Gasteiger partial charge in [-0.15, -0.1) is 0 Å². The highest BCUT2D eigenvalue weighted by Crippen LogP contribution is 2.35. The molecule has 0 heterocycles. The largest absolute Gasteiger partial charge is 0.486 e. The zero-order valence-electron chi connectivity index (χ0n) is 15.2. The van der Waals surface area contributed by atoms with Gasteiger partial charge < -0.3 is 10.1 Å². The molecular formula is C22H20BrCl2NO. The van der Waals surface area contributed by atoms with E-state index in [0.29, 0.717) is 28.9 Å². The molecule has 2 nitrogen and oxygen atoms in total. The van der Waals surface area contributed by atoms with Gasteiger partial charge in [-0.25, -0.2) is 0 Å². The Morgan fingerprint density at radius 2 is 1.59 bits per heavy atom. The Bertz CT molecular complexity index is 919. The number of hydrogen-bond acceptors (Lipinski definition) is 2. The van der Waals surface area contributed by atoms with Crippen LogP contribution in [0.5, 0.6) is 5.75 Å². The van der Waals surface area contributed by atoms with E-state index in [9.17, 15) is 0 Å². The molecule has 0 radical (unpaired) electrons. The molecule has 0 saturated heterocycles. The Kier molecular flexibility index (Phi) is 6.69. The van der Waals surface area contributed by atoms with Crippen molar-refractivity contribution in [3.63, 3.8) is 0 Å². The summed E-state index contributed by atoms with van der Waals surface area (Å²) in [5.41, 5.74) is 5.66. The van der Waals surface area contributed by atoms with Crippen LogP contribution in [0.25, 0.3) is 0 Å². The molecule has 0 aliphatic rings. The first-order valence-electron chi connectivity index (χ1n) is 8.59. The van der Waals surface area contributed by atoms with E-state index >= 15 is 0 Å². The summed E-state index contributed by atoms with van der Waals surface area (Å²) < 4.78 is 6.88. The van der Waals surface area contributed by atoms with E-state index in [4.69, 9.17) is 27.9 Å². The van der Waals surface area contributed by atoms with Crippen molar-refractivity contribution < 1.29 is 4.74 Å². The fourth-order valence-corrected chi connectivity index (χ4v) is 3.63. The van der Waals surface area contributed by atoms with Crippen LogP contribution < -0.4 is 10.1 Å². The van der Waals surface area contributed by atoms with Crippen molar-refractivity contribution in [1.82, 2.24) is 0 Å². The molecule has 0 aliphatic carbocycles. The first kappa shape index (κ1) is 20.1. The minimum Gasteiger partial charge on any atom is -0.486 e. The van der Waals surface area contributed by atoms with Gasteiger partial charge in [-0.05, 0) is 66.4 Å². The molecule has 0 spiro atoms. The smallest absolute Gasteiger partial charge is 0.156 e. The van der Waals surface area contributed by atoms with Gasteiger partial charge in [0.25, 0.3) is 0 Å². The lowest BCUT2D eigenvalue weighted by Crippen LogP contribution is -2.03. The summed E-state index contributed by atoms with van der Waals surface area (Å²) >= 11 is 16.3. The van der Waals surface area contributed by atoms with Crippen molar-refractivity contribution in [3.05, 3.63) is 91.4 Å². The molecule has 0 fully saturated rings. The maximum Gasteiger partial charge on any atom is 0.156 e. The lowest BCUT2D eigenvalue weighted by Gasteiger charge is -2.14. The second-order valence-electron chi connectivity index (χ2n) is 6.40. The molecule has 0 unspecified atom stereocenters. The first-order valence-corrected chi connectivity index (χ1v) is 10.1. The maximum atomic E-state index is 6.42. The second-order valence-corrected chi connectivity index (χ2v) is 8.13. The molecule has 27 heavy (non-hydrogen) atoms. The summed E-state index contributed by atoms with van der Waals surface area (Å²) in [4.78, 5) is 0. The highest BCUT2D eigenvalue weighted by Gasteiger charge is 2.11. The number of hydrogen-bond donors (Lipinski definition) is 1. The highest BCUT2D eigenvalue weighted by atomic mass is 79.9. The summed E-state index contributed by atoms with van der Waals surface area (Å²) in [6, 6.07) is 17.9. The fourth-order valence-electron chi connectivity index (χ4n) is 2.73. The number of ether oxygens (including phenoxy) is 1. The van der Waals surface area contributed by atoms with Gasteiger partial charge in [0.2, 0.25) is 0 Å². The quantitative estimate of drug-likeness (QED) is 0.406. The summed E-state index contributed by atoms with van der Waals surface area (Å²) in [5, 5.41) is 4.47. The third-order valence-corrected chi connectivity index (χ3v) is 5.53. The van der Waals surface area contributed by atoms with Gasteiger partial charge in [-0.1, -0.05) is 63.4 Å². The zero-order chi connectivity index (χ0) is 19.4. The number of rotatable bonds is 6. The number of halogens is 3. The minimum absolute atomic E-state index is 0.410. The third kappa shape index (κ3) is 5.19. The summed E-state index contributed by atoms with van der Waals surface area (Å²) in [6.07, 6.45) is 0. The average molecular weight is 465 g/mol. The average Bonchev–Trinajstić information content (AvgIpc) is 2.64. The lowest BCUT2D eigenvalue weighted by molar-refractivity contribution is 0.306. The topological polar surface area (TPSA) is 21.3 Å². The SMILES string of the molecule is Cc1cccc(NCc2cc(Cl)c(OCc3ccc(Br)cc3)c(Cl)c2)c1C. The standard InChI is InChI=1S/C22H20BrCl2NO/c1-14-4-3-5-21(15(14)2)26-12-17-10-19(24)22(20(25)11-17)27-13-16-6-8-18(23)9-7-16/h3-11,26H,12-13H2,1-2H3. The van der Waals surface area contributed by atoms with E-state index in [1.165, 1.54) is 11.1 Å². The summed E-state index contributed by atoms with van der Waals surface area (Å²) in [7, 11) is 0. The molecule has 0 saturated carbocycles.